The van der Waals surface area contributed by atoms with Gasteiger partial charge < -0.3 is 40.1 Å². The third-order valence-corrected chi connectivity index (χ3v) is 8.02. The number of carbonyl (C=O) groups is 2. The van der Waals surface area contributed by atoms with E-state index in [1.54, 1.807) is 36.4 Å². The number of aliphatic hydroxyl groups excluding tert-OH is 6. The molecule has 9 atom stereocenters. The van der Waals surface area contributed by atoms with Gasteiger partial charge in [-0.15, -0.1) is 0 Å². The zero-order valence-corrected chi connectivity index (χ0v) is 23.0. The van der Waals surface area contributed by atoms with Crippen LogP contribution < -0.4 is 9.38 Å². The average molecular weight is 609 g/mol. The van der Waals surface area contributed by atoms with E-state index in [0.29, 0.717) is 0 Å². The van der Waals surface area contributed by atoms with Gasteiger partial charge in [0.05, 0.1) is 13.2 Å². The molecule has 3 aliphatic heterocycles. The summed E-state index contributed by atoms with van der Waals surface area (Å²) >= 11 is 0. The number of aliphatic imine (C=N–C) groups is 1. The van der Waals surface area contributed by atoms with E-state index in [2.05, 4.69) is 15.0 Å². The molecule has 1 unspecified atom stereocenters. The molecule has 6 N–H and O–H groups in total. The smallest absolute Gasteiger partial charge is 0.269 e. The van der Waals surface area contributed by atoms with Crippen LogP contribution in [-0.4, -0.2) is 121 Å². The van der Waals surface area contributed by atoms with Gasteiger partial charge in [0.15, 0.2) is 23.7 Å². The van der Waals surface area contributed by atoms with E-state index < -0.39 is 78.6 Å². The first kappa shape index (κ1) is 30.0. The Labute approximate surface area is 250 Å². The lowest BCUT2D eigenvalue weighted by Crippen LogP contribution is -2.73. The minimum Gasteiger partial charge on any atom is -0.394 e. The average Bonchev–Trinajstić information content (AvgIpc) is 3.58. The summed E-state index contributed by atoms with van der Waals surface area (Å²) in [5.74, 6) is -1.84. The number of rotatable bonds is 6. The van der Waals surface area contributed by atoms with Crippen LogP contribution >= 0.6 is 0 Å². The number of amides is 2. The van der Waals surface area contributed by atoms with Crippen molar-refractivity contribution in [1.82, 2.24) is 14.5 Å². The number of hydrogen-bond acceptors (Lipinski definition) is 13. The number of carbonyl (C=O) groups excluding carboxylic acids is 2. The number of hydrogen-bond donors (Lipinski definition) is 6. The largest absolute Gasteiger partial charge is 0.394 e. The highest BCUT2D eigenvalue weighted by molar-refractivity contribution is 6.26. The molecule has 4 heterocycles. The molecule has 2 saturated heterocycles. The van der Waals surface area contributed by atoms with Crippen LogP contribution in [0.2, 0.25) is 0 Å². The van der Waals surface area contributed by atoms with Gasteiger partial charge in [-0.05, 0) is 24.3 Å². The molecular formula is C29H30N5O10+. The zero-order chi connectivity index (χ0) is 31.2. The molecule has 15 nitrogen and oxygen atoms in total. The van der Waals surface area contributed by atoms with Crippen molar-refractivity contribution in [3.05, 3.63) is 78.1 Å². The number of ether oxygens (including phenoxy) is 2. The molecule has 6 rings (SSSR count). The fourth-order valence-corrected chi connectivity index (χ4v) is 5.75. The highest BCUT2D eigenvalue weighted by atomic mass is 16.6. The van der Waals surface area contributed by atoms with Gasteiger partial charge in [-0.1, -0.05) is 36.4 Å². The van der Waals surface area contributed by atoms with E-state index in [-0.39, 0.29) is 28.5 Å². The summed E-state index contributed by atoms with van der Waals surface area (Å²) in [6.07, 6.45) is -10.3. The summed E-state index contributed by atoms with van der Waals surface area (Å²) < 4.78 is 10.8. The van der Waals surface area contributed by atoms with Crippen molar-refractivity contribution < 1.29 is 49.7 Å². The topological polar surface area (TPSA) is 215 Å². The Bertz CT molecular complexity index is 1510. The number of anilines is 1. The molecule has 0 aliphatic carbocycles. The van der Waals surface area contributed by atoms with Gasteiger partial charge in [0.1, 0.15) is 30.7 Å². The Morgan fingerprint density at radius 2 is 1.41 bits per heavy atom. The Morgan fingerprint density at radius 3 is 1.98 bits per heavy atom. The Morgan fingerprint density at radius 1 is 0.818 bits per heavy atom. The summed E-state index contributed by atoms with van der Waals surface area (Å²) in [7, 11) is 0. The van der Waals surface area contributed by atoms with Gasteiger partial charge in [0, 0.05) is 11.1 Å². The highest BCUT2D eigenvalue weighted by Crippen LogP contribution is 2.49. The van der Waals surface area contributed by atoms with Crippen LogP contribution in [0.1, 0.15) is 20.7 Å². The van der Waals surface area contributed by atoms with Crippen molar-refractivity contribution >= 4 is 35.5 Å². The number of imide groups is 1. The van der Waals surface area contributed by atoms with Crippen LogP contribution in [0, 0.1) is 0 Å². The van der Waals surface area contributed by atoms with Gasteiger partial charge in [-0.25, -0.2) is 9.88 Å². The molecule has 0 bridgehead atoms. The number of fused-ring (bicyclic) bond motifs is 1. The van der Waals surface area contributed by atoms with Crippen LogP contribution in [0.25, 0.3) is 0 Å². The molecular weight excluding hydrogens is 578 g/mol. The quantitative estimate of drug-likeness (QED) is 0.144. The van der Waals surface area contributed by atoms with Crippen LogP contribution in [0.3, 0.4) is 0 Å². The van der Waals surface area contributed by atoms with Crippen molar-refractivity contribution in [2.45, 2.75) is 49.1 Å². The second-order valence-corrected chi connectivity index (χ2v) is 10.6. The van der Waals surface area contributed by atoms with Crippen molar-refractivity contribution in [1.29, 1.82) is 0 Å². The summed E-state index contributed by atoms with van der Waals surface area (Å²) in [6.45, 7) is -1.11. The maximum Gasteiger partial charge on any atom is 0.269 e. The van der Waals surface area contributed by atoms with E-state index in [4.69, 9.17) is 9.47 Å². The van der Waals surface area contributed by atoms with Gasteiger partial charge >= 0.3 is 0 Å². The molecule has 2 aromatic carbocycles. The van der Waals surface area contributed by atoms with E-state index in [9.17, 15) is 40.2 Å². The highest BCUT2D eigenvalue weighted by Gasteiger charge is 2.65. The maximum absolute atomic E-state index is 13.9. The standard InChI is InChI=1S/C29H30N5O10/c35-11-18-21(38)23(40)29(44-18)34(28-22(39)20(37)17(36)12-43-28)14-32-19-24(30-13-31-25(19)34)33(26(41)15-7-3-1-4-8-15)27(42)16-9-5-2-6-10-16/h1-10,13-14,17-18,20-23,28-29,35-40H,11-12H2/q+1/t17-,18-,20-,21-,22-,23-,28-,29-,34?/m1/s1. The normalized spacial score (nSPS) is 32.8. The molecule has 44 heavy (non-hydrogen) atoms. The van der Waals surface area contributed by atoms with Crippen LogP contribution in [0.4, 0.5) is 17.3 Å². The summed E-state index contributed by atoms with van der Waals surface area (Å²) in [4.78, 5) is 41.7. The van der Waals surface area contributed by atoms with Gasteiger partial charge in [0.25, 0.3) is 17.6 Å². The predicted octanol–water partition coefficient (Wildman–Crippen LogP) is -1.18. The fourth-order valence-electron chi connectivity index (χ4n) is 5.75. The first-order valence-electron chi connectivity index (χ1n) is 13.8. The number of nitrogens with zero attached hydrogens (tertiary/aromatic N) is 5. The van der Waals surface area contributed by atoms with E-state index in [1.165, 1.54) is 30.6 Å². The lowest BCUT2D eigenvalue weighted by Gasteiger charge is -2.46. The van der Waals surface area contributed by atoms with Crippen molar-refractivity contribution in [2.24, 2.45) is 4.99 Å². The van der Waals surface area contributed by atoms with Gasteiger partial charge in [-0.2, -0.15) is 14.5 Å². The molecule has 0 saturated carbocycles. The van der Waals surface area contributed by atoms with Crippen LogP contribution in [-0.2, 0) is 9.47 Å². The monoisotopic (exact) mass is 608 g/mol. The lowest BCUT2D eigenvalue weighted by molar-refractivity contribution is -0.237. The first-order chi connectivity index (χ1) is 21.2. The molecule has 3 aromatic rings. The number of quaternary nitrogens is 1. The molecule has 2 fully saturated rings. The molecule has 0 spiro atoms. The summed E-state index contributed by atoms with van der Waals surface area (Å²) in [5.41, 5.74) is 0.201. The summed E-state index contributed by atoms with van der Waals surface area (Å²) in [5, 5.41) is 63.4. The SMILES string of the molecule is O=C(c1ccccc1)N(C(=O)c1ccccc1)c1ncnc2c1N=C[N+]2([C@@H]1OC[C@@H](O)[C@@H](O)[C@H]1O)[C@@H]1O[C@H](CO)[C@@H](O)[C@H]1O. The predicted molar refractivity (Wildman–Crippen MR) is 152 cm³/mol. The van der Waals surface area contributed by atoms with Gasteiger partial charge in [0.2, 0.25) is 18.8 Å². The van der Waals surface area contributed by atoms with E-state index >= 15 is 0 Å². The third kappa shape index (κ3) is 4.71. The second-order valence-electron chi connectivity index (χ2n) is 10.6. The van der Waals surface area contributed by atoms with Crippen LogP contribution in [0.15, 0.2) is 72.0 Å². The Hall–Kier alpha value is -4.03. The van der Waals surface area contributed by atoms with Gasteiger partial charge in [-0.3, -0.25) is 9.59 Å². The molecule has 3 aliphatic rings. The summed E-state index contributed by atoms with van der Waals surface area (Å²) in [6, 6.07) is 16.0. The van der Waals surface area contributed by atoms with Crippen LogP contribution in [0.5, 0.6) is 0 Å². The molecule has 0 radical (unpaired) electrons. The number of aromatic nitrogens is 2. The maximum atomic E-state index is 13.9. The lowest BCUT2D eigenvalue weighted by atomic mass is 10.0. The molecule has 1 aromatic heterocycles. The van der Waals surface area contributed by atoms with Crippen molar-refractivity contribution in [2.75, 3.05) is 18.1 Å². The van der Waals surface area contributed by atoms with E-state index in [1.807, 2.05) is 0 Å². The molecule has 2 amide bonds. The Kier molecular flexibility index (Phi) is 8.06. The number of aliphatic hydroxyl groups is 6. The van der Waals surface area contributed by atoms with E-state index in [0.717, 1.165) is 11.2 Å². The number of benzene rings is 2. The fraction of sp³-hybridized carbons (Fsp3) is 0.345. The molecule has 15 heteroatoms. The Balaban J connectivity index is 1.53. The molecule has 230 valence electrons. The minimum atomic E-state index is -1.80. The minimum absolute atomic E-state index is 0.121. The first-order valence-corrected chi connectivity index (χ1v) is 13.8. The third-order valence-electron chi connectivity index (χ3n) is 8.02. The van der Waals surface area contributed by atoms with Crippen molar-refractivity contribution in [3.8, 4) is 0 Å². The zero-order valence-electron chi connectivity index (χ0n) is 23.0. The van der Waals surface area contributed by atoms with Crippen molar-refractivity contribution in [3.63, 3.8) is 0 Å². The second kappa shape index (κ2) is 11.8.